The zero-order valence-corrected chi connectivity index (χ0v) is 14.2. The first-order valence-corrected chi connectivity index (χ1v) is 8.23. The highest BCUT2D eigenvalue weighted by atomic mass is 79.9. The van der Waals surface area contributed by atoms with Crippen molar-refractivity contribution < 1.29 is 4.74 Å². The van der Waals surface area contributed by atoms with Crippen molar-refractivity contribution in [2.45, 2.75) is 13.0 Å². The molecule has 0 aliphatic heterocycles. The highest BCUT2D eigenvalue weighted by Crippen LogP contribution is 2.31. The molecule has 0 aliphatic carbocycles. The summed E-state index contributed by atoms with van der Waals surface area (Å²) >= 11 is 5.15. The summed E-state index contributed by atoms with van der Waals surface area (Å²) in [4.78, 5) is 4.62. The standard InChI is InChI=1S/C16H15BrN2OS/c1-10(11-4-3-5-12(17)8-11)18-16-19-14-7-6-13(20-2)9-15(14)21-16/h3-10H,1-2H3,(H,18,19). The zero-order chi connectivity index (χ0) is 14.8. The van der Waals surface area contributed by atoms with Gasteiger partial charge in [-0.15, -0.1) is 0 Å². The second kappa shape index (κ2) is 6.03. The number of hydrogen-bond acceptors (Lipinski definition) is 4. The minimum Gasteiger partial charge on any atom is -0.497 e. The molecule has 3 rings (SSSR count). The van der Waals surface area contributed by atoms with E-state index in [1.807, 2.05) is 30.3 Å². The average Bonchev–Trinajstić information content (AvgIpc) is 2.88. The molecule has 0 saturated carbocycles. The van der Waals surface area contributed by atoms with Gasteiger partial charge < -0.3 is 10.1 Å². The largest absolute Gasteiger partial charge is 0.497 e. The number of nitrogens with zero attached hydrogens (tertiary/aromatic N) is 1. The molecule has 21 heavy (non-hydrogen) atoms. The van der Waals surface area contributed by atoms with Gasteiger partial charge in [-0.25, -0.2) is 4.98 Å². The number of hydrogen-bond donors (Lipinski definition) is 1. The Morgan fingerprint density at radius 3 is 2.86 bits per heavy atom. The normalized spacial score (nSPS) is 12.3. The second-order valence-corrected chi connectivity index (χ2v) is 6.72. The van der Waals surface area contributed by atoms with Gasteiger partial charge in [0.1, 0.15) is 5.75 Å². The fourth-order valence-electron chi connectivity index (χ4n) is 2.14. The molecule has 108 valence electrons. The van der Waals surface area contributed by atoms with Crippen LogP contribution in [0.1, 0.15) is 18.5 Å². The number of halogens is 1. The quantitative estimate of drug-likeness (QED) is 0.688. The first kappa shape index (κ1) is 14.4. The van der Waals surface area contributed by atoms with Crippen molar-refractivity contribution in [3.63, 3.8) is 0 Å². The Labute approximate surface area is 136 Å². The van der Waals surface area contributed by atoms with E-state index in [2.05, 4.69) is 45.3 Å². The first-order chi connectivity index (χ1) is 10.2. The third kappa shape index (κ3) is 3.19. The Hall–Kier alpha value is -1.59. The van der Waals surface area contributed by atoms with Crippen molar-refractivity contribution in [1.82, 2.24) is 4.98 Å². The lowest BCUT2D eigenvalue weighted by molar-refractivity contribution is 0.415. The Kier molecular flexibility index (Phi) is 4.12. The molecular weight excluding hydrogens is 348 g/mol. The summed E-state index contributed by atoms with van der Waals surface area (Å²) in [7, 11) is 1.68. The lowest BCUT2D eigenvalue weighted by Crippen LogP contribution is -2.05. The van der Waals surface area contributed by atoms with Crippen molar-refractivity contribution in [3.05, 3.63) is 52.5 Å². The predicted molar refractivity (Wildman–Crippen MR) is 92.4 cm³/mol. The minimum absolute atomic E-state index is 0.199. The second-order valence-electron chi connectivity index (χ2n) is 4.77. The van der Waals surface area contributed by atoms with Crippen molar-refractivity contribution in [2.75, 3.05) is 12.4 Å². The van der Waals surface area contributed by atoms with Crippen LogP contribution in [0.3, 0.4) is 0 Å². The lowest BCUT2D eigenvalue weighted by atomic mass is 10.1. The third-order valence-electron chi connectivity index (χ3n) is 3.28. The van der Waals surface area contributed by atoms with Gasteiger partial charge in [0, 0.05) is 4.47 Å². The number of rotatable bonds is 4. The Balaban J connectivity index is 1.84. The van der Waals surface area contributed by atoms with Crippen LogP contribution in [0.4, 0.5) is 5.13 Å². The number of thiazole rings is 1. The average molecular weight is 363 g/mol. The number of nitrogens with one attached hydrogen (secondary N) is 1. The van der Waals surface area contributed by atoms with Crippen molar-refractivity contribution in [2.24, 2.45) is 0 Å². The highest BCUT2D eigenvalue weighted by Gasteiger charge is 2.10. The Morgan fingerprint density at radius 1 is 1.24 bits per heavy atom. The molecule has 3 aromatic rings. The van der Waals surface area contributed by atoms with Crippen LogP contribution in [0, 0.1) is 0 Å². The number of anilines is 1. The van der Waals surface area contributed by atoms with Crippen LogP contribution >= 0.6 is 27.3 Å². The smallest absolute Gasteiger partial charge is 0.184 e. The summed E-state index contributed by atoms with van der Waals surface area (Å²) in [6, 6.07) is 14.4. The van der Waals surface area contributed by atoms with Gasteiger partial charge in [-0.1, -0.05) is 39.4 Å². The highest BCUT2D eigenvalue weighted by molar-refractivity contribution is 9.10. The molecule has 5 heteroatoms. The molecule has 0 aliphatic rings. The molecule has 0 radical (unpaired) electrons. The summed E-state index contributed by atoms with van der Waals surface area (Å²) in [6.45, 7) is 2.13. The van der Waals surface area contributed by atoms with Gasteiger partial charge in [-0.05, 0) is 42.8 Å². The predicted octanol–water partition coefficient (Wildman–Crippen LogP) is 5.24. The van der Waals surface area contributed by atoms with Crippen LogP contribution < -0.4 is 10.1 Å². The Morgan fingerprint density at radius 2 is 2.10 bits per heavy atom. The van der Waals surface area contributed by atoms with Crippen LogP contribution in [0.2, 0.25) is 0 Å². The molecule has 0 saturated heterocycles. The number of benzene rings is 2. The van der Waals surface area contributed by atoms with E-state index in [0.717, 1.165) is 25.6 Å². The van der Waals surface area contributed by atoms with Crippen LogP contribution in [-0.2, 0) is 0 Å². The van der Waals surface area contributed by atoms with E-state index < -0.39 is 0 Å². The summed E-state index contributed by atoms with van der Waals surface area (Å²) in [6.07, 6.45) is 0. The van der Waals surface area contributed by atoms with E-state index in [1.54, 1.807) is 18.4 Å². The first-order valence-electron chi connectivity index (χ1n) is 6.62. The molecular formula is C16H15BrN2OS. The Bertz CT molecular complexity index is 772. The maximum Gasteiger partial charge on any atom is 0.184 e. The van der Waals surface area contributed by atoms with Gasteiger partial charge in [-0.2, -0.15) is 0 Å². The molecule has 0 fully saturated rings. The van der Waals surface area contributed by atoms with Gasteiger partial charge in [0.25, 0.3) is 0 Å². The number of ether oxygens (including phenoxy) is 1. The van der Waals surface area contributed by atoms with Crippen LogP contribution in [0.25, 0.3) is 10.2 Å². The van der Waals surface area contributed by atoms with E-state index >= 15 is 0 Å². The van der Waals surface area contributed by atoms with Gasteiger partial charge in [0.2, 0.25) is 0 Å². The summed E-state index contributed by atoms with van der Waals surface area (Å²) in [5.74, 6) is 0.859. The van der Waals surface area contributed by atoms with E-state index in [9.17, 15) is 0 Å². The number of methoxy groups -OCH3 is 1. The van der Waals surface area contributed by atoms with Crippen molar-refractivity contribution >= 4 is 42.6 Å². The van der Waals surface area contributed by atoms with Gasteiger partial charge >= 0.3 is 0 Å². The maximum atomic E-state index is 5.25. The fourth-order valence-corrected chi connectivity index (χ4v) is 3.54. The molecule has 1 N–H and O–H groups in total. The summed E-state index contributed by atoms with van der Waals surface area (Å²) in [5, 5.41) is 4.38. The maximum absolute atomic E-state index is 5.25. The van der Waals surface area contributed by atoms with Crippen molar-refractivity contribution in [1.29, 1.82) is 0 Å². The van der Waals surface area contributed by atoms with Crippen LogP contribution in [-0.4, -0.2) is 12.1 Å². The lowest BCUT2D eigenvalue weighted by Gasteiger charge is -2.13. The third-order valence-corrected chi connectivity index (χ3v) is 4.73. The van der Waals surface area contributed by atoms with E-state index in [4.69, 9.17) is 4.74 Å². The van der Waals surface area contributed by atoms with Gasteiger partial charge in [-0.3, -0.25) is 0 Å². The molecule has 0 spiro atoms. The molecule has 0 bridgehead atoms. The summed E-state index contributed by atoms with van der Waals surface area (Å²) in [5.41, 5.74) is 2.21. The topological polar surface area (TPSA) is 34.1 Å². The van der Waals surface area contributed by atoms with Crippen LogP contribution in [0.5, 0.6) is 5.75 Å². The SMILES string of the molecule is COc1ccc2nc(NC(C)c3cccc(Br)c3)sc2c1. The van der Waals surface area contributed by atoms with Crippen LogP contribution in [0.15, 0.2) is 46.9 Å². The van der Waals surface area contributed by atoms with E-state index in [1.165, 1.54) is 5.56 Å². The van der Waals surface area contributed by atoms with E-state index in [0.29, 0.717) is 0 Å². The number of aromatic nitrogens is 1. The zero-order valence-electron chi connectivity index (χ0n) is 11.8. The molecule has 3 nitrogen and oxygen atoms in total. The molecule has 2 aromatic carbocycles. The monoisotopic (exact) mass is 362 g/mol. The summed E-state index contributed by atoms with van der Waals surface area (Å²) < 4.78 is 7.46. The molecule has 1 unspecified atom stereocenters. The molecule has 1 aromatic heterocycles. The van der Waals surface area contributed by atoms with Crippen molar-refractivity contribution in [3.8, 4) is 5.75 Å². The van der Waals surface area contributed by atoms with Gasteiger partial charge in [0.15, 0.2) is 5.13 Å². The minimum atomic E-state index is 0.199. The van der Waals surface area contributed by atoms with Gasteiger partial charge in [0.05, 0.1) is 23.4 Å². The fraction of sp³-hybridized carbons (Fsp3) is 0.188. The number of fused-ring (bicyclic) bond motifs is 1. The van der Waals surface area contributed by atoms with E-state index in [-0.39, 0.29) is 6.04 Å². The molecule has 1 heterocycles. The molecule has 1 atom stereocenters. The molecule has 0 amide bonds.